The number of rotatable bonds is 4. The van der Waals surface area contributed by atoms with Crippen molar-refractivity contribution >= 4 is 46.1 Å². The van der Waals surface area contributed by atoms with Crippen LogP contribution >= 0.6 is 34.5 Å². The molecule has 0 saturated heterocycles. The number of amides is 1. The molecule has 0 saturated carbocycles. The second-order valence-corrected chi connectivity index (χ2v) is 7.83. The molecule has 0 spiro atoms. The highest BCUT2D eigenvalue weighted by Crippen LogP contribution is 2.36. The Hall–Kier alpha value is -1.07. The lowest BCUT2D eigenvalue weighted by molar-refractivity contribution is -0.118. The third-order valence-electron chi connectivity index (χ3n) is 4.49. The van der Waals surface area contributed by atoms with Crippen molar-refractivity contribution in [2.24, 2.45) is 0 Å². The first kappa shape index (κ1) is 17.7. The Morgan fingerprint density at radius 1 is 1.38 bits per heavy atom. The topological polar surface area (TPSA) is 32.3 Å². The molecule has 1 aromatic heterocycles. The maximum atomic E-state index is 12.5. The van der Waals surface area contributed by atoms with E-state index < -0.39 is 0 Å². The first-order chi connectivity index (χ1) is 11.5. The molecule has 1 aliphatic rings. The zero-order valence-corrected chi connectivity index (χ0v) is 16.1. The van der Waals surface area contributed by atoms with Gasteiger partial charge in [0.05, 0.1) is 22.3 Å². The maximum absolute atomic E-state index is 12.5. The third kappa shape index (κ3) is 3.47. The zero-order chi connectivity index (χ0) is 17.3. The summed E-state index contributed by atoms with van der Waals surface area (Å²) in [4.78, 5) is 16.2. The lowest BCUT2D eigenvalue weighted by Gasteiger charge is -2.34. The van der Waals surface area contributed by atoms with Crippen LogP contribution in [0.2, 0.25) is 10.0 Å². The van der Waals surface area contributed by atoms with Gasteiger partial charge in [0.2, 0.25) is 5.91 Å². The van der Waals surface area contributed by atoms with E-state index in [1.54, 1.807) is 6.07 Å². The summed E-state index contributed by atoms with van der Waals surface area (Å²) in [5, 5.41) is 5.99. The predicted molar refractivity (Wildman–Crippen MR) is 102 cm³/mol. The molecule has 0 bridgehead atoms. The quantitative estimate of drug-likeness (QED) is 0.776. The highest BCUT2D eigenvalue weighted by Gasteiger charge is 2.28. The fourth-order valence-corrected chi connectivity index (χ4v) is 4.64. The molecule has 1 amide bonds. The van der Waals surface area contributed by atoms with Crippen LogP contribution in [0.1, 0.15) is 35.4 Å². The minimum absolute atomic E-state index is 0.0819. The van der Waals surface area contributed by atoms with E-state index in [0.717, 1.165) is 24.9 Å². The summed E-state index contributed by atoms with van der Waals surface area (Å²) in [5.41, 5.74) is 2.77. The van der Waals surface area contributed by atoms with Gasteiger partial charge in [0, 0.05) is 17.5 Å². The fraction of sp³-hybridized carbons (Fsp3) is 0.389. The molecule has 0 aliphatic carbocycles. The molecule has 2 aromatic rings. The van der Waals surface area contributed by atoms with Gasteiger partial charge in [0.1, 0.15) is 0 Å². The summed E-state index contributed by atoms with van der Waals surface area (Å²) in [6.07, 6.45) is 1.99. The summed E-state index contributed by atoms with van der Waals surface area (Å²) in [6.45, 7) is 5.30. The van der Waals surface area contributed by atoms with Crippen molar-refractivity contribution in [2.45, 2.75) is 32.7 Å². The lowest BCUT2D eigenvalue weighted by atomic mass is 9.98. The minimum Gasteiger partial charge on any atom is -0.322 e. The van der Waals surface area contributed by atoms with Crippen molar-refractivity contribution in [3.05, 3.63) is 49.6 Å². The number of anilines is 1. The van der Waals surface area contributed by atoms with E-state index >= 15 is 0 Å². The van der Waals surface area contributed by atoms with Crippen molar-refractivity contribution in [1.82, 2.24) is 4.90 Å². The van der Waals surface area contributed by atoms with Crippen LogP contribution in [-0.2, 0) is 11.2 Å². The number of halogens is 2. The van der Waals surface area contributed by atoms with Crippen LogP contribution in [-0.4, -0.2) is 23.9 Å². The lowest BCUT2D eigenvalue weighted by Crippen LogP contribution is -2.40. The summed E-state index contributed by atoms with van der Waals surface area (Å²) < 4.78 is 0. The van der Waals surface area contributed by atoms with Gasteiger partial charge in [-0.1, -0.05) is 36.2 Å². The molecule has 3 rings (SSSR count). The summed E-state index contributed by atoms with van der Waals surface area (Å²) in [5.74, 6) is -0.0819. The largest absolute Gasteiger partial charge is 0.322 e. The average Bonchev–Trinajstić information content (AvgIpc) is 3.03. The van der Waals surface area contributed by atoms with E-state index in [1.807, 2.05) is 24.3 Å². The van der Waals surface area contributed by atoms with Gasteiger partial charge in [-0.25, -0.2) is 0 Å². The second kappa shape index (κ2) is 7.44. The SMILES string of the molecule is CC[C@H]1c2ccsc2CCN1CC(=O)Nc1c(Cl)ccc(C)c1Cl. The van der Waals surface area contributed by atoms with Gasteiger partial charge in [-0.15, -0.1) is 11.3 Å². The number of benzene rings is 1. The zero-order valence-electron chi connectivity index (χ0n) is 13.7. The minimum atomic E-state index is -0.0819. The molecule has 6 heteroatoms. The van der Waals surface area contributed by atoms with Crippen molar-refractivity contribution in [3.63, 3.8) is 0 Å². The standard InChI is InChI=1S/C18H20Cl2N2OS/c1-3-14-12-7-9-24-15(12)6-8-22(14)10-16(23)21-18-13(19)5-4-11(2)17(18)20/h4-5,7,9,14H,3,6,8,10H2,1-2H3,(H,21,23)/t14-/m0/s1. The molecule has 24 heavy (non-hydrogen) atoms. The van der Waals surface area contributed by atoms with Gasteiger partial charge in [-0.3, -0.25) is 9.69 Å². The molecule has 2 heterocycles. The Labute approximate surface area is 156 Å². The van der Waals surface area contributed by atoms with E-state index in [9.17, 15) is 4.79 Å². The fourth-order valence-electron chi connectivity index (χ4n) is 3.25. The number of hydrogen-bond acceptors (Lipinski definition) is 3. The Morgan fingerprint density at radius 3 is 2.92 bits per heavy atom. The van der Waals surface area contributed by atoms with E-state index in [2.05, 4.69) is 28.6 Å². The number of nitrogens with zero attached hydrogens (tertiary/aromatic N) is 1. The van der Waals surface area contributed by atoms with Crippen molar-refractivity contribution in [2.75, 3.05) is 18.4 Å². The Morgan fingerprint density at radius 2 is 2.17 bits per heavy atom. The van der Waals surface area contributed by atoms with Gasteiger partial charge in [-0.05, 0) is 48.4 Å². The van der Waals surface area contributed by atoms with Gasteiger partial charge in [0.15, 0.2) is 0 Å². The Balaban J connectivity index is 1.73. The number of carbonyl (C=O) groups is 1. The first-order valence-electron chi connectivity index (χ1n) is 8.06. The molecular formula is C18H20Cl2N2OS. The van der Waals surface area contributed by atoms with Crippen LogP contribution in [0.15, 0.2) is 23.6 Å². The van der Waals surface area contributed by atoms with Crippen molar-refractivity contribution in [1.29, 1.82) is 0 Å². The van der Waals surface area contributed by atoms with Crippen LogP contribution < -0.4 is 5.32 Å². The third-order valence-corrected chi connectivity index (χ3v) is 6.29. The van der Waals surface area contributed by atoms with Gasteiger partial charge in [0.25, 0.3) is 0 Å². The number of carbonyl (C=O) groups excluding carboxylic acids is 1. The molecule has 1 aliphatic heterocycles. The van der Waals surface area contributed by atoms with Crippen molar-refractivity contribution < 1.29 is 4.79 Å². The average molecular weight is 383 g/mol. The van der Waals surface area contributed by atoms with E-state index in [0.29, 0.717) is 28.3 Å². The molecule has 128 valence electrons. The molecule has 1 N–H and O–H groups in total. The first-order valence-corrected chi connectivity index (χ1v) is 9.69. The van der Waals surface area contributed by atoms with Gasteiger partial charge >= 0.3 is 0 Å². The summed E-state index contributed by atoms with van der Waals surface area (Å²) in [7, 11) is 0. The molecule has 1 atom stereocenters. The number of hydrogen-bond donors (Lipinski definition) is 1. The second-order valence-electron chi connectivity index (χ2n) is 6.05. The summed E-state index contributed by atoms with van der Waals surface area (Å²) in [6, 6.07) is 6.09. The Bertz CT molecular complexity index is 759. The molecule has 1 aromatic carbocycles. The smallest absolute Gasteiger partial charge is 0.238 e. The monoisotopic (exact) mass is 382 g/mol. The molecule has 0 unspecified atom stereocenters. The van der Waals surface area contributed by atoms with Crippen LogP contribution in [0, 0.1) is 6.92 Å². The van der Waals surface area contributed by atoms with Gasteiger partial charge in [-0.2, -0.15) is 0 Å². The highest BCUT2D eigenvalue weighted by molar-refractivity contribution is 7.10. The number of thiophene rings is 1. The number of fused-ring (bicyclic) bond motifs is 1. The normalized spacial score (nSPS) is 17.6. The van der Waals surface area contributed by atoms with E-state index in [-0.39, 0.29) is 5.91 Å². The predicted octanol–water partition coefficient (Wildman–Crippen LogP) is 5.31. The van der Waals surface area contributed by atoms with Crippen LogP contribution in [0.5, 0.6) is 0 Å². The maximum Gasteiger partial charge on any atom is 0.238 e. The van der Waals surface area contributed by atoms with Crippen LogP contribution in [0.4, 0.5) is 5.69 Å². The van der Waals surface area contributed by atoms with Crippen molar-refractivity contribution in [3.8, 4) is 0 Å². The van der Waals surface area contributed by atoms with Gasteiger partial charge < -0.3 is 5.32 Å². The Kier molecular flexibility index (Phi) is 5.50. The highest BCUT2D eigenvalue weighted by atomic mass is 35.5. The molecule has 3 nitrogen and oxygen atoms in total. The van der Waals surface area contributed by atoms with Crippen LogP contribution in [0.25, 0.3) is 0 Å². The van der Waals surface area contributed by atoms with E-state index in [4.69, 9.17) is 23.2 Å². The molecular weight excluding hydrogens is 363 g/mol. The molecule has 0 radical (unpaired) electrons. The van der Waals surface area contributed by atoms with E-state index in [1.165, 1.54) is 10.4 Å². The van der Waals surface area contributed by atoms with Crippen LogP contribution in [0.3, 0.4) is 0 Å². The molecule has 0 fully saturated rings. The number of aryl methyl sites for hydroxylation is 1. The summed E-state index contributed by atoms with van der Waals surface area (Å²) >= 11 is 14.3. The number of nitrogens with one attached hydrogen (secondary N) is 1.